The van der Waals surface area contributed by atoms with E-state index in [1.807, 2.05) is 63.2 Å². The number of carbonyl (C=O) groups excluding carboxylic acids is 1. The Morgan fingerprint density at radius 1 is 1.24 bits per heavy atom. The predicted molar refractivity (Wildman–Crippen MR) is 98.6 cm³/mol. The standard InChI is InChI=1S/C19H26N4O2/c1-13-7-6-8-16(11-13)17(22(4)5)18(24)20-9-10-23-15(3)12-14(2)21-19(23)25/h6-8,11-12,17H,9-10H2,1-5H3,(H,20,24)/t17-/m0/s1. The first-order valence-electron chi connectivity index (χ1n) is 8.35. The molecule has 134 valence electrons. The summed E-state index contributed by atoms with van der Waals surface area (Å²) in [7, 11) is 3.76. The minimum absolute atomic E-state index is 0.0821. The van der Waals surface area contributed by atoms with Crippen LogP contribution in [-0.2, 0) is 11.3 Å². The molecule has 0 spiro atoms. The van der Waals surface area contributed by atoms with Crippen LogP contribution in [0.25, 0.3) is 0 Å². The second-order valence-corrected chi connectivity index (χ2v) is 6.54. The van der Waals surface area contributed by atoms with Gasteiger partial charge in [-0.05, 0) is 46.5 Å². The lowest BCUT2D eigenvalue weighted by Gasteiger charge is -2.24. The molecule has 1 atom stereocenters. The molecule has 2 rings (SSSR count). The Hall–Kier alpha value is -2.47. The number of aromatic nitrogens is 2. The molecule has 25 heavy (non-hydrogen) atoms. The lowest BCUT2D eigenvalue weighted by molar-refractivity contribution is -0.125. The van der Waals surface area contributed by atoms with Gasteiger partial charge in [0.05, 0.1) is 0 Å². The van der Waals surface area contributed by atoms with Crippen LogP contribution in [-0.4, -0.2) is 41.0 Å². The number of nitrogens with one attached hydrogen (secondary N) is 1. The molecule has 0 saturated heterocycles. The highest BCUT2D eigenvalue weighted by Crippen LogP contribution is 2.19. The number of likely N-dealkylation sites (N-methyl/N-ethyl adjacent to an activating group) is 1. The summed E-state index contributed by atoms with van der Waals surface area (Å²) in [6.45, 7) is 6.45. The van der Waals surface area contributed by atoms with E-state index in [1.165, 1.54) is 0 Å². The van der Waals surface area contributed by atoms with Gasteiger partial charge in [0.1, 0.15) is 6.04 Å². The second-order valence-electron chi connectivity index (χ2n) is 6.54. The summed E-state index contributed by atoms with van der Waals surface area (Å²) >= 11 is 0. The average Bonchev–Trinajstić information content (AvgIpc) is 2.49. The normalized spacial score (nSPS) is 12.2. The van der Waals surface area contributed by atoms with Crippen LogP contribution in [0.5, 0.6) is 0 Å². The van der Waals surface area contributed by atoms with Crippen LogP contribution in [0.1, 0.15) is 28.6 Å². The Morgan fingerprint density at radius 2 is 1.96 bits per heavy atom. The molecule has 0 fully saturated rings. The van der Waals surface area contributed by atoms with E-state index in [1.54, 1.807) is 11.5 Å². The predicted octanol–water partition coefficient (Wildman–Crippen LogP) is 1.59. The fraction of sp³-hybridized carbons (Fsp3) is 0.421. The average molecular weight is 342 g/mol. The van der Waals surface area contributed by atoms with E-state index in [0.29, 0.717) is 18.8 Å². The Morgan fingerprint density at radius 3 is 2.56 bits per heavy atom. The van der Waals surface area contributed by atoms with Gasteiger partial charge in [0.2, 0.25) is 5.91 Å². The zero-order valence-corrected chi connectivity index (χ0v) is 15.5. The van der Waals surface area contributed by atoms with Crippen molar-refractivity contribution in [2.24, 2.45) is 0 Å². The van der Waals surface area contributed by atoms with Gasteiger partial charge in [0.15, 0.2) is 0 Å². The Kier molecular flexibility index (Phi) is 6.09. The molecule has 0 aliphatic rings. The number of aryl methyl sites for hydroxylation is 3. The molecule has 6 heteroatoms. The van der Waals surface area contributed by atoms with Crippen molar-refractivity contribution in [2.75, 3.05) is 20.6 Å². The number of amides is 1. The first-order chi connectivity index (χ1) is 11.8. The molecule has 1 amide bonds. The highest BCUT2D eigenvalue weighted by Gasteiger charge is 2.22. The van der Waals surface area contributed by atoms with Gasteiger partial charge >= 0.3 is 5.69 Å². The molecule has 1 aromatic carbocycles. The second kappa shape index (κ2) is 8.07. The smallest absolute Gasteiger partial charge is 0.348 e. The molecule has 6 nitrogen and oxygen atoms in total. The van der Waals surface area contributed by atoms with Gasteiger partial charge in [-0.15, -0.1) is 0 Å². The van der Waals surface area contributed by atoms with Gasteiger partial charge in [0.25, 0.3) is 0 Å². The lowest BCUT2D eigenvalue weighted by Crippen LogP contribution is -2.39. The third-order valence-corrected chi connectivity index (χ3v) is 4.10. The van der Waals surface area contributed by atoms with Crippen molar-refractivity contribution >= 4 is 5.91 Å². The van der Waals surface area contributed by atoms with E-state index in [9.17, 15) is 9.59 Å². The van der Waals surface area contributed by atoms with Crippen molar-refractivity contribution < 1.29 is 4.79 Å². The van der Waals surface area contributed by atoms with Gasteiger partial charge in [-0.1, -0.05) is 29.8 Å². The largest absolute Gasteiger partial charge is 0.353 e. The monoisotopic (exact) mass is 342 g/mol. The molecule has 0 aliphatic carbocycles. The third kappa shape index (κ3) is 4.76. The summed E-state index contributed by atoms with van der Waals surface area (Å²) < 4.78 is 1.57. The first-order valence-corrected chi connectivity index (χ1v) is 8.35. The zero-order chi connectivity index (χ0) is 18.6. The molecule has 0 aliphatic heterocycles. The number of carbonyl (C=O) groups is 1. The molecule has 0 unspecified atom stereocenters. The minimum Gasteiger partial charge on any atom is -0.353 e. The third-order valence-electron chi connectivity index (χ3n) is 4.10. The highest BCUT2D eigenvalue weighted by atomic mass is 16.2. The van der Waals surface area contributed by atoms with Crippen molar-refractivity contribution in [3.05, 3.63) is 63.3 Å². The van der Waals surface area contributed by atoms with Crippen molar-refractivity contribution in [2.45, 2.75) is 33.4 Å². The summed E-state index contributed by atoms with van der Waals surface area (Å²) in [6, 6.07) is 9.43. The maximum Gasteiger partial charge on any atom is 0.348 e. The van der Waals surface area contributed by atoms with Crippen LogP contribution in [0.4, 0.5) is 0 Å². The van der Waals surface area contributed by atoms with Gasteiger partial charge in [0, 0.05) is 24.5 Å². The number of hydrogen-bond acceptors (Lipinski definition) is 4. The Bertz CT molecular complexity index is 811. The van der Waals surface area contributed by atoms with Crippen molar-refractivity contribution in [3.63, 3.8) is 0 Å². The number of nitrogens with zero attached hydrogens (tertiary/aromatic N) is 3. The maximum atomic E-state index is 12.7. The van der Waals surface area contributed by atoms with E-state index in [2.05, 4.69) is 10.3 Å². The molecule has 1 aromatic heterocycles. The molecule has 1 heterocycles. The fourth-order valence-electron chi connectivity index (χ4n) is 2.96. The summed E-state index contributed by atoms with van der Waals surface area (Å²) in [5, 5.41) is 2.93. The quantitative estimate of drug-likeness (QED) is 0.866. The summed E-state index contributed by atoms with van der Waals surface area (Å²) in [5.74, 6) is -0.0821. The van der Waals surface area contributed by atoms with Gasteiger partial charge in [-0.25, -0.2) is 4.79 Å². The zero-order valence-electron chi connectivity index (χ0n) is 15.5. The van der Waals surface area contributed by atoms with E-state index in [0.717, 1.165) is 16.8 Å². The Balaban J connectivity index is 2.07. The van der Waals surface area contributed by atoms with Crippen LogP contribution in [0.3, 0.4) is 0 Å². The van der Waals surface area contributed by atoms with Crippen LogP contribution in [0.2, 0.25) is 0 Å². The van der Waals surface area contributed by atoms with Crippen LogP contribution in [0.15, 0.2) is 35.1 Å². The summed E-state index contributed by atoms with van der Waals surface area (Å²) in [4.78, 5) is 30.4. The molecule has 0 saturated carbocycles. The van der Waals surface area contributed by atoms with E-state index < -0.39 is 0 Å². The summed E-state index contributed by atoms with van der Waals surface area (Å²) in [6.07, 6.45) is 0. The van der Waals surface area contributed by atoms with Crippen LogP contribution < -0.4 is 11.0 Å². The lowest BCUT2D eigenvalue weighted by atomic mass is 10.0. The molecule has 2 aromatic rings. The van der Waals surface area contributed by atoms with Crippen molar-refractivity contribution in [3.8, 4) is 0 Å². The minimum atomic E-state index is -0.367. The molecular weight excluding hydrogens is 316 g/mol. The van der Waals surface area contributed by atoms with Gasteiger partial charge in [-0.2, -0.15) is 4.98 Å². The molecular formula is C19H26N4O2. The Labute approximate surface area is 148 Å². The first kappa shape index (κ1) is 18.9. The van der Waals surface area contributed by atoms with E-state index in [-0.39, 0.29) is 17.6 Å². The van der Waals surface area contributed by atoms with Gasteiger partial charge < -0.3 is 5.32 Å². The topological polar surface area (TPSA) is 67.2 Å². The van der Waals surface area contributed by atoms with Crippen LogP contribution in [0, 0.1) is 20.8 Å². The fourth-order valence-corrected chi connectivity index (χ4v) is 2.96. The van der Waals surface area contributed by atoms with E-state index >= 15 is 0 Å². The number of rotatable bonds is 6. The van der Waals surface area contributed by atoms with Crippen molar-refractivity contribution in [1.29, 1.82) is 0 Å². The molecule has 0 radical (unpaired) electrons. The van der Waals surface area contributed by atoms with Crippen molar-refractivity contribution in [1.82, 2.24) is 19.8 Å². The number of hydrogen-bond donors (Lipinski definition) is 1. The SMILES string of the molecule is Cc1cccc([C@@H](C(=O)NCCn2c(C)cc(C)nc2=O)N(C)C)c1. The van der Waals surface area contributed by atoms with Gasteiger partial charge in [-0.3, -0.25) is 14.3 Å². The molecule has 1 N–H and O–H groups in total. The maximum absolute atomic E-state index is 12.7. The highest BCUT2D eigenvalue weighted by molar-refractivity contribution is 5.83. The summed E-state index contributed by atoms with van der Waals surface area (Å²) in [5.41, 5.74) is 3.33. The molecule has 0 bridgehead atoms. The number of benzene rings is 1. The van der Waals surface area contributed by atoms with E-state index in [4.69, 9.17) is 0 Å². The van der Waals surface area contributed by atoms with Crippen LogP contribution >= 0.6 is 0 Å².